The molecule has 9 heteroatoms. The predicted octanol–water partition coefficient (Wildman–Crippen LogP) is 5.20. The third kappa shape index (κ3) is 5.08. The molecule has 1 fully saturated rings. The molecular weight excluding hydrogens is 425 g/mol. The van der Waals surface area contributed by atoms with Gasteiger partial charge in [-0.2, -0.15) is 8.78 Å². The maximum atomic E-state index is 12.6. The lowest BCUT2D eigenvalue weighted by Gasteiger charge is -2.36. The fraction of sp³-hybridized carbons (Fsp3) is 0.500. The van der Waals surface area contributed by atoms with Crippen LogP contribution < -0.4 is 10.1 Å². The molecule has 1 saturated carbocycles. The number of nitrogens with zero attached hydrogens (tertiary/aromatic N) is 1. The molecule has 0 unspecified atom stereocenters. The summed E-state index contributed by atoms with van der Waals surface area (Å²) >= 11 is 12.1. The van der Waals surface area contributed by atoms with E-state index in [0.717, 1.165) is 25.7 Å². The number of fused-ring (bicyclic) bond motifs is 1. The second kappa shape index (κ2) is 8.58. The fourth-order valence-electron chi connectivity index (χ4n) is 3.72. The zero-order valence-electron chi connectivity index (χ0n) is 16.0. The molecule has 0 spiro atoms. The first-order valence-corrected chi connectivity index (χ1v) is 10.1. The summed E-state index contributed by atoms with van der Waals surface area (Å²) in [5.74, 6) is -0.415. The molecule has 158 valence electrons. The van der Waals surface area contributed by atoms with Crippen molar-refractivity contribution in [2.75, 3.05) is 0 Å². The lowest BCUT2D eigenvalue weighted by atomic mass is 9.77. The molecule has 1 aliphatic rings. The Hall–Kier alpha value is -1.70. The number of benzene rings is 1. The van der Waals surface area contributed by atoms with Gasteiger partial charge in [-0.3, -0.25) is 9.78 Å². The number of pyridine rings is 1. The van der Waals surface area contributed by atoms with Crippen molar-refractivity contribution in [2.45, 2.75) is 57.8 Å². The molecule has 0 saturated heterocycles. The van der Waals surface area contributed by atoms with Crippen LogP contribution in [0.3, 0.4) is 0 Å². The van der Waals surface area contributed by atoms with Crippen LogP contribution in [0.5, 0.6) is 5.75 Å². The lowest BCUT2D eigenvalue weighted by molar-refractivity contribution is -0.0496. The van der Waals surface area contributed by atoms with Gasteiger partial charge in [0.25, 0.3) is 5.91 Å². The Morgan fingerprint density at radius 2 is 1.93 bits per heavy atom. The average molecular weight is 447 g/mol. The topological polar surface area (TPSA) is 71.5 Å². The Morgan fingerprint density at radius 1 is 1.28 bits per heavy atom. The van der Waals surface area contributed by atoms with E-state index in [9.17, 15) is 18.7 Å². The minimum Gasteiger partial charge on any atom is -0.432 e. The molecule has 1 aromatic heterocycles. The predicted molar refractivity (Wildman–Crippen MR) is 108 cm³/mol. The average Bonchev–Trinajstić information content (AvgIpc) is 2.64. The van der Waals surface area contributed by atoms with Crippen LogP contribution in [0.25, 0.3) is 10.9 Å². The van der Waals surface area contributed by atoms with E-state index >= 15 is 0 Å². The third-order valence-electron chi connectivity index (χ3n) is 5.35. The molecule has 2 aromatic rings. The molecule has 0 aliphatic heterocycles. The Kier molecular flexibility index (Phi) is 6.51. The number of halogens is 4. The van der Waals surface area contributed by atoms with Gasteiger partial charge in [0, 0.05) is 17.6 Å². The molecule has 29 heavy (non-hydrogen) atoms. The van der Waals surface area contributed by atoms with Crippen LogP contribution in [-0.2, 0) is 0 Å². The number of aliphatic hydroxyl groups is 1. The van der Waals surface area contributed by atoms with E-state index < -0.39 is 12.2 Å². The van der Waals surface area contributed by atoms with Crippen molar-refractivity contribution in [3.05, 3.63) is 33.9 Å². The minimum atomic E-state index is -3.07. The number of hydrogen-bond donors (Lipinski definition) is 2. The van der Waals surface area contributed by atoms with Crippen molar-refractivity contribution < 1.29 is 23.4 Å². The van der Waals surface area contributed by atoms with Gasteiger partial charge in [0.2, 0.25) is 0 Å². The van der Waals surface area contributed by atoms with Crippen molar-refractivity contribution in [3.8, 4) is 5.75 Å². The SMILES string of the molecule is CC(C)(O)[C@H]1CC[C@H](NC(=O)c2cnc3c(Cl)c(OC(F)F)c(Cl)cc3c2)CC1. The fourth-order valence-corrected chi connectivity index (χ4v) is 4.33. The molecular formula is C20H22Cl2F2N2O3. The second-order valence-electron chi connectivity index (χ2n) is 7.85. The van der Waals surface area contributed by atoms with Crippen molar-refractivity contribution in [2.24, 2.45) is 5.92 Å². The first kappa shape index (κ1) is 22.0. The van der Waals surface area contributed by atoms with Crippen LogP contribution in [0.1, 0.15) is 49.9 Å². The number of nitrogens with one attached hydrogen (secondary N) is 1. The quantitative estimate of drug-likeness (QED) is 0.661. The number of carbonyl (C=O) groups excluding carboxylic acids is 1. The largest absolute Gasteiger partial charge is 0.432 e. The molecule has 2 N–H and O–H groups in total. The van der Waals surface area contributed by atoms with E-state index in [1.165, 1.54) is 12.3 Å². The summed E-state index contributed by atoms with van der Waals surface area (Å²) in [5.41, 5.74) is -0.186. The summed E-state index contributed by atoms with van der Waals surface area (Å²) in [7, 11) is 0. The monoisotopic (exact) mass is 446 g/mol. The highest BCUT2D eigenvalue weighted by molar-refractivity contribution is 6.40. The molecule has 0 radical (unpaired) electrons. The summed E-state index contributed by atoms with van der Waals surface area (Å²) < 4.78 is 29.4. The van der Waals surface area contributed by atoms with Crippen molar-refractivity contribution in [1.29, 1.82) is 0 Å². The molecule has 1 amide bonds. The lowest BCUT2D eigenvalue weighted by Crippen LogP contribution is -2.41. The highest BCUT2D eigenvalue weighted by Crippen LogP contribution is 2.39. The van der Waals surface area contributed by atoms with Gasteiger partial charge in [-0.25, -0.2) is 0 Å². The molecule has 1 heterocycles. The van der Waals surface area contributed by atoms with Crippen LogP contribution in [-0.4, -0.2) is 34.3 Å². The van der Waals surface area contributed by atoms with Crippen LogP contribution in [0.2, 0.25) is 10.0 Å². The number of ether oxygens (including phenoxy) is 1. The van der Waals surface area contributed by atoms with Gasteiger partial charge in [0.1, 0.15) is 5.02 Å². The van der Waals surface area contributed by atoms with E-state index in [1.54, 1.807) is 6.07 Å². The van der Waals surface area contributed by atoms with Gasteiger partial charge in [0.15, 0.2) is 5.75 Å². The summed E-state index contributed by atoms with van der Waals surface area (Å²) in [4.78, 5) is 16.8. The Morgan fingerprint density at radius 3 is 2.52 bits per heavy atom. The molecule has 1 aromatic carbocycles. The summed E-state index contributed by atoms with van der Waals surface area (Å²) in [5, 5.41) is 13.3. The third-order valence-corrected chi connectivity index (χ3v) is 5.99. The van der Waals surface area contributed by atoms with Gasteiger partial charge < -0.3 is 15.2 Å². The summed E-state index contributed by atoms with van der Waals surface area (Å²) in [6.07, 6.45) is 4.58. The maximum Gasteiger partial charge on any atom is 0.387 e. The van der Waals surface area contributed by atoms with Crippen molar-refractivity contribution >= 4 is 40.0 Å². The van der Waals surface area contributed by atoms with E-state index in [4.69, 9.17) is 23.2 Å². The van der Waals surface area contributed by atoms with Gasteiger partial charge in [-0.1, -0.05) is 23.2 Å². The van der Waals surface area contributed by atoms with Gasteiger partial charge >= 0.3 is 6.61 Å². The minimum absolute atomic E-state index is 0.0193. The molecule has 1 aliphatic carbocycles. The highest BCUT2D eigenvalue weighted by Gasteiger charge is 2.32. The van der Waals surface area contributed by atoms with Crippen LogP contribution in [0, 0.1) is 5.92 Å². The van der Waals surface area contributed by atoms with Crippen molar-refractivity contribution in [3.63, 3.8) is 0 Å². The number of rotatable bonds is 5. The van der Waals surface area contributed by atoms with E-state index in [2.05, 4.69) is 15.0 Å². The number of hydrogen-bond acceptors (Lipinski definition) is 4. The van der Waals surface area contributed by atoms with Crippen LogP contribution >= 0.6 is 23.2 Å². The number of amides is 1. The Bertz CT molecular complexity index is 911. The first-order valence-electron chi connectivity index (χ1n) is 9.32. The number of aromatic nitrogens is 1. The van der Waals surface area contributed by atoms with Crippen LogP contribution in [0.4, 0.5) is 8.78 Å². The van der Waals surface area contributed by atoms with E-state index in [0.29, 0.717) is 10.9 Å². The first-order chi connectivity index (χ1) is 13.6. The standard InChI is InChI=1S/C20H22Cl2F2N2O3/c1-20(2,28)12-3-5-13(6-4-12)26-18(27)11-7-10-8-14(21)17(29-19(23)24)15(22)16(10)25-9-11/h7-9,12-13,19,28H,3-6H2,1-2H3,(H,26,27)/t12-,13-. The number of alkyl halides is 2. The highest BCUT2D eigenvalue weighted by atomic mass is 35.5. The zero-order chi connectivity index (χ0) is 21.3. The number of carbonyl (C=O) groups is 1. The Labute approximate surface area is 177 Å². The molecule has 0 atom stereocenters. The van der Waals surface area contributed by atoms with Crippen LogP contribution in [0.15, 0.2) is 18.3 Å². The second-order valence-corrected chi connectivity index (χ2v) is 8.64. The van der Waals surface area contributed by atoms with E-state index in [-0.39, 0.29) is 39.2 Å². The molecule has 5 nitrogen and oxygen atoms in total. The summed E-state index contributed by atoms with van der Waals surface area (Å²) in [6.45, 7) is 0.551. The molecule has 0 bridgehead atoms. The molecule has 3 rings (SSSR count). The van der Waals surface area contributed by atoms with Crippen molar-refractivity contribution in [1.82, 2.24) is 10.3 Å². The van der Waals surface area contributed by atoms with Gasteiger partial charge in [0.05, 0.1) is 21.7 Å². The zero-order valence-corrected chi connectivity index (χ0v) is 17.5. The maximum absolute atomic E-state index is 12.6. The van der Waals surface area contributed by atoms with Gasteiger partial charge in [-0.15, -0.1) is 0 Å². The van der Waals surface area contributed by atoms with E-state index in [1.807, 2.05) is 13.8 Å². The summed E-state index contributed by atoms with van der Waals surface area (Å²) in [6, 6.07) is 2.97. The van der Waals surface area contributed by atoms with Gasteiger partial charge in [-0.05, 0) is 57.6 Å². The normalized spacial score (nSPS) is 20.1. The smallest absolute Gasteiger partial charge is 0.387 e. The Balaban J connectivity index is 1.74.